The molecule has 0 atom stereocenters. The number of carbonyl (C=O) groups excluding carboxylic acids is 1. The number of hydrogen-bond donors (Lipinski definition) is 1. The lowest BCUT2D eigenvalue weighted by atomic mass is 10.1. The molecule has 27 heavy (non-hydrogen) atoms. The van der Waals surface area contributed by atoms with Crippen molar-refractivity contribution in [2.75, 3.05) is 5.32 Å². The van der Waals surface area contributed by atoms with Crippen molar-refractivity contribution in [2.45, 2.75) is 6.92 Å². The number of pyridine rings is 1. The van der Waals surface area contributed by atoms with Crippen LogP contribution in [0.4, 0.5) is 5.69 Å². The quantitative estimate of drug-likeness (QED) is 0.603. The van der Waals surface area contributed by atoms with Crippen LogP contribution in [0.5, 0.6) is 0 Å². The molecule has 4 aromatic rings. The van der Waals surface area contributed by atoms with Crippen LogP contribution < -0.4 is 5.32 Å². The maximum Gasteiger partial charge on any atom is 0.255 e. The zero-order valence-corrected chi connectivity index (χ0v) is 14.7. The van der Waals surface area contributed by atoms with Crippen molar-refractivity contribution in [1.29, 1.82) is 0 Å². The van der Waals surface area contributed by atoms with Crippen LogP contribution in [0.2, 0.25) is 0 Å². The molecular weight excluding hydrogens is 338 g/mol. The highest BCUT2D eigenvalue weighted by Crippen LogP contribution is 2.22. The highest BCUT2D eigenvalue weighted by Gasteiger charge is 2.13. The number of nitrogens with one attached hydrogen (secondary N) is 1. The van der Waals surface area contributed by atoms with Crippen molar-refractivity contribution >= 4 is 11.6 Å². The summed E-state index contributed by atoms with van der Waals surface area (Å²) in [5.74, 6) is 1.36. The molecule has 0 unspecified atom stereocenters. The summed E-state index contributed by atoms with van der Waals surface area (Å²) in [6.07, 6.45) is 3.27. The molecular formula is C21H17N5O. The van der Waals surface area contributed by atoms with Gasteiger partial charge in [0.15, 0.2) is 5.82 Å². The Kier molecular flexibility index (Phi) is 4.45. The van der Waals surface area contributed by atoms with Crippen LogP contribution in [-0.2, 0) is 0 Å². The number of rotatable bonds is 4. The van der Waals surface area contributed by atoms with E-state index >= 15 is 0 Å². The smallest absolute Gasteiger partial charge is 0.255 e. The zero-order chi connectivity index (χ0) is 18.6. The highest BCUT2D eigenvalue weighted by atomic mass is 16.1. The van der Waals surface area contributed by atoms with Crippen molar-refractivity contribution < 1.29 is 4.79 Å². The van der Waals surface area contributed by atoms with Crippen LogP contribution in [0.25, 0.3) is 17.1 Å². The Hall–Kier alpha value is -3.80. The number of carbonyl (C=O) groups is 1. The topological polar surface area (TPSA) is 72.7 Å². The number of amides is 1. The first-order chi connectivity index (χ1) is 13.2. The molecule has 0 saturated carbocycles. The molecule has 1 amide bonds. The van der Waals surface area contributed by atoms with Crippen LogP contribution in [0.1, 0.15) is 16.2 Å². The predicted molar refractivity (Wildman–Crippen MR) is 104 cm³/mol. The van der Waals surface area contributed by atoms with Crippen LogP contribution >= 0.6 is 0 Å². The van der Waals surface area contributed by atoms with E-state index in [1.54, 1.807) is 36.7 Å². The Balaban J connectivity index is 1.62. The van der Waals surface area contributed by atoms with Gasteiger partial charge >= 0.3 is 0 Å². The maximum absolute atomic E-state index is 12.4. The summed E-state index contributed by atoms with van der Waals surface area (Å²) >= 11 is 0. The number of hydrogen-bond acceptors (Lipinski definition) is 4. The first-order valence-corrected chi connectivity index (χ1v) is 8.51. The fraction of sp³-hybridized carbons (Fsp3) is 0.0476. The predicted octanol–water partition coefficient (Wildman–Crippen LogP) is 3.89. The van der Waals surface area contributed by atoms with Gasteiger partial charge in [0.25, 0.3) is 5.91 Å². The normalized spacial score (nSPS) is 10.6. The van der Waals surface area contributed by atoms with Gasteiger partial charge in [-0.05, 0) is 43.3 Å². The van der Waals surface area contributed by atoms with E-state index in [4.69, 9.17) is 0 Å². The standard InChI is InChI=1S/C21H17N5O/c1-15-24-25-20(16-6-3-2-4-7-16)26(15)19-11-9-17(10-12-19)21(27)23-18-8-5-13-22-14-18/h2-14H,1H3,(H,23,27). The van der Waals surface area contributed by atoms with Gasteiger partial charge in [-0.1, -0.05) is 30.3 Å². The third-order valence-corrected chi connectivity index (χ3v) is 4.16. The monoisotopic (exact) mass is 355 g/mol. The molecule has 2 heterocycles. The van der Waals surface area contributed by atoms with Crippen molar-refractivity contribution in [3.63, 3.8) is 0 Å². The number of aryl methyl sites for hydroxylation is 1. The Bertz CT molecular complexity index is 1060. The first-order valence-electron chi connectivity index (χ1n) is 8.51. The van der Waals surface area contributed by atoms with E-state index in [1.807, 2.05) is 54.0 Å². The molecule has 2 aromatic heterocycles. The second-order valence-electron chi connectivity index (χ2n) is 6.01. The number of nitrogens with zero attached hydrogens (tertiary/aromatic N) is 4. The van der Waals surface area contributed by atoms with E-state index in [-0.39, 0.29) is 5.91 Å². The minimum absolute atomic E-state index is 0.182. The van der Waals surface area contributed by atoms with E-state index in [9.17, 15) is 4.79 Å². The lowest BCUT2D eigenvalue weighted by Gasteiger charge is -2.10. The van der Waals surface area contributed by atoms with Gasteiger partial charge in [-0.2, -0.15) is 0 Å². The van der Waals surface area contributed by atoms with Crippen molar-refractivity contribution in [2.24, 2.45) is 0 Å². The van der Waals surface area contributed by atoms with Gasteiger partial charge < -0.3 is 5.32 Å². The minimum Gasteiger partial charge on any atom is -0.321 e. The lowest BCUT2D eigenvalue weighted by molar-refractivity contribution is 0.102. The molecule has 0 aliphatic rings. The summed E-state index contributed by atoms with van der Waals surface area (Å²) in [5, 5.41) is 11.3. The molecule has 0 aliphatic heterocycles. The van der Waals surface area contributed by atoms with Crippen LogP contribution in [0.3, 0.4) is 0 Å². The van der Waals surface area contributed by atoms with Crippen molar-refractivity contribution in [1.82, 2.24) is 19.7 Å². The minimum atomic E-state index is -0.182. The average Bonchev–Trinajstić information content (AvgIpc) is 3.11. The van der Waals surface area contributed by atoms with E-state index in [1.165, 1.54) is 0 Å². The second kappa shape index (κ2) is 7.21. The third-order valence-electron chi connectivity index (χ3n) is 4.16. The molecule has 0 saturated heterocycles. The van der Waals surface area contributed by atoms with Gasteiger partial charge in [-0.3, -0.25) is 14.3 Å². The molecule has 0 bridgehead atoms. The number of benzene rings is 2. The molecule has 1 N–H and O–H groups in total. The molecule has 0 aliphatic carbocycles. The van der Waals surface area contributed by atoms with Gasteiger partial charge in [-0.15, -0.1) is 10.2 Å². The molecule has 0 spiro atoms. The molecule has 6 heteroatoms. The van der Waals surface area contributed by atoms with Crippen molar-refractivity contribution in [3.05, 3.63) is 90.5 Å². The van der Waals surface area contributed by atoms with Gasteiger partial charge in [0.1, 0.15) is 5.82 Å². The summed E-state index contributed by atoms with van der Waals surface area (Å²) in [4.78, 5) is 16.4. The first kappa shape index (κ1) is 16.7. The van der Waals surface area contributed by atoms with E-state index in [0.717, 1.165) is 22.9 Å². The van der Waals surface area contributed by atoms with Gasteiger partial charge in [0.2, 0.25) is 0 Å². The summed E-state index contributed by atoms with van der Waals surface area (Å²) in [6, 6.07) is 20.8. The van der Waals surface area contributed by atoms with Gasteiger partial charge in [0, 0.05) is 23.0 Å². The van der Waals surface area contributed by atoms with Crippen LogP contribution in [-0.4, -0.2) is 25.7 Å². The number of anilines is 1. The Morgan fingerprint density at radius 1 is 0.926 bits per heavy atom. The molecule has 0 fully saturated rings. The molecule has 4 rings (SSSR count). The summed E-state index contributed by atoms with van der Waals surface area (Å²) in [6.45, 7) is 1.91. The van der Waals surface area contributed by atoms with Gasteiger partial charge in [-0.25, -0.2) is 0 Å². The summed E-state index contributed by atoms with van der Waals surface area (Å²) in [5.41, 5.74) is 3.10. The summed E-state index contributed by atoms with van der Waals surface area (Å²) in [7, 11) is 0. The maximum atomic E-state index is 12.4. The molecule has 132 valence electrons. The summed E-state index contributed by atoms with van der Waals surface area (Å²) < 4.78 is 1.97. The number of aromatic nitrogens is 4. The zero-order valence-electron chi connectivity index (χ0n) is 14.7. The fourth-order valence-electron chi connectivity index (χ4n) is 2.85. The second-order valence-corrected chi connectivity index (χ2v) is 6.01. The molecule has 6 nitrogen and oxygen atoms in total. The Morgan fingerprint density at radius 3 is 2.41 bits per heavy atom. The fourth-order valence-corrected chi connectivity index (χ4v) is 2.85. The third kappa shape index (κ3) is 3.46. The SMILES string of the molecule is Cc1nnc(-c2ccccc2)n1-c1ccc(C(=O)Nc2cccnc2)cc1. The van der Waals surface area contributed by atoms with Gasteiger partial charge in [0.05, 0.1) is 11.9 Å². The van der Waals surface area contributed by atoms with Crippen LogP contribution in [0, 0.1) is 6.92 Å². The van der Waals surface area contributed by atoms with Crippen molar-refractivity contribution in [3.8, 4) is 17.1 Å². The lowest BCUT2D eigenvalue weighted by Crippen LogP contribution is -2.12. The van der Waals surface area contributed by atoms with Crippen LogP contribution in [0.15, 0.2) is 79.1 Å². The largest absolute Gasteiger partial charge is 0.321 e. The molecule has 0 radical (unpaired) electrons. The highest BCUT2D eigenvalue weighted by molar-refractivity contribution is 6.04. The average molecular weight is 355 g/mol. The molecule has 2 aromatic carbocycles. The Labute approximate surface area is 156 Å². The van der Waals surface area contributed by atoms with E-state index < -0.39 is 0 Å². The van der Waals surface area contributed by atoms with E-state index in [2.05, 4.69) is 20.5 Å². The van der Waals surface area contributed by atoms with E-state index in [0.29, 0.717) is 11.3 Å². The Morgan fingerprint density at radius 2 is 1.70 bits per heavy atom.